The Kier molecular flexibility index (Phi) is 5.55. The molecule has 6 heteroatoms. The first kappa shape index (κ1) is 16.0. The van der Waals surface area contributed by atoms with Crippen LogP contribution in [0.1, 0.15) is 25.2 Å². The molecule has 5 nitrogen and oxygen atoms in total. The van der Waals surface area contributed by atoms with Crippen LogP contribution in [0.3, 0.4) is 0 Å². The minimum atomic E-state index is 0.295. The van der Waals surface area contributed by atoms with Gasteiger partial charge in [-0.2, -0.15) is 5.10 Å². The zero-order chi connectivity index (χ0) is 15.9. The second-order valence-electron chi connectivity index (χ2n) is 5.01. The predicted octanol–water partition coefficient (Wildman–Crippen LogP) is 2.44. The summed E-state index contributed by atoms with van der Waals surface area (Å²) in [7, 11) is 1.93. The van der Waals surface area contributed by atoms with E-state index < -0.39 is 0 Å². The van der Waals surface area contributed by atoms with Gasteiger partial charge in [0.15, 0.2) is 5.11 Å². The molecule has 0 aliphatic rings. The fraction of sp³-hybridized carbons (Fsp3) is 0.250. The summed E-state index contributed by atoms with van der Waals surface area (Å²) in [5.74, 6) is 0. The van der Waals surface area contributed by atoms with Gasteiger partial charge in [0.05, 0.1) is 11.4 Å². The molecular weight excluding hydrogens is 294 g/mol. The van der Waals surface area contributed by atoms with E-state index in [1.807, 2.05) is 48.3 Å². The summed E-state index contributed by atoms with van der Waals surface area (Å²) < 4.78 is 0. The van der Waals surface area contributed by atoms with Crippen LogP contribution in [0.5, 0.6) is 0 Å². The Morgan fingerprint density at radius 3 is 2.05 bits per heavy atom. The topological polar surface area (TPSA) is 53.4 Å². The first-order valence-corrected chi connectivity index (χ1v) is 7.43. The summed E-state index contributed by atoms with van der Waals surface area (Å²) in [6.45, 7) is 4.13. The van der Waals surface area contributed by atoms with Crippen molar-refractivity contribution in [2.45, 2.75) is 19.9 Å². The van der Waals surface area contributed by atoms with Crippen LogP contribution in [-0.4, -0.2) is 38.8 Å². The van der Waals surface area contributed by atoms with E-state index in [2.05, 4.69) is 34.3 Å². The summed E-state index contributed by atoms with van der Waals surface area (Å²) in [6, 6.07) is 11.6. The lowest BCUT2D eigenvalue weighted by molar-refractivity contribution is 0.411. The molecule has 114 valence electrons. The van der Waals surface area contributed by atoms with Crippen molar-refractivity contribution >= 4 is 23.0 Å². The summed E-state index contributed by atoms with van der Waals surface area (Å²) in [4.78, 5) is 10.6. The van der Waals surface area contributed by atoms with Gasteiger partial charge in [0.2, 0.25) is 0 Å². The van der Waals surface area contributed by atoms with Gasteiger partial charge in [-0.1, -0.05) is 12.1 Å². The molecule has 0 unspecified atom stereocenters. The first-order chi connectivity index (χ1) is 10.6. The third-order valence-electron chi connectivity index (χ3n) is 3.17. The van der Waals surface area contributed by atoms with Crippen molar-refractivity contribution < 1.29 is 0 Å². The van der Waals surface area contributed by atoms with E-state index in [0.29, 0.717) is 16.9 Å². The minimum Gasteiger partial charge on any atom is -0.349 e. The molecule has 0 saturated heterocycles. The Hall–Kier alpha value is -2.34. The highest BCUT2D eigenvalue weighted by atomic mass is 32.1. The van der Waals surface area contributed by atoms with Crippen molar-refractivity contribution in [1.29, 1.82) is 0 Å². The van der Waals surface area contributed by atoms with Crippen molar-refractivity contribution in [2.24, 2.45) is 5.10 Å². The fourth-order valence-corrected chi connectivity index (χ4v) is 1.92. The number of hydrogen-bond acceptors (Lipinski definition) is 4. The number of nitrogens with one attached hydrogen (secondary N) is 1. The smallest absolute Gasteiger partial charge is 0.189 e. The number of hydrogen-bond donors (Lipinski definition) is 1. The largest absolute Gasteiger partial charge is 0.349 e. The van der Waals surface area contributed by atoms with Gasteiger partial charge in [-0.25, -0.2) is 0 Å². The maximum absolute atomic E-state index is 5.34. The Labute approximate surface area is 136 Å². The molecule has 2 rings (SSSR count). The zero-order valence-corrected chi connectivity index (χ0v) is 13.7. The van der Waals surface area contributed by atoms with Crippen LogP contribution in [0.25, 0.3) is 0 Å². The van der Waals surface area contributed by atoms with E-state index in [-0.39, 0.29) is 0 Å². The van der Waals surface area contributed by atoms with E-state index in [0.717, 1.165) is 11.4 Å². The van der Waals surface area contributed by atoms with Crippen LogP contribution >= 0.6 is 12.2 Å². The van der Waals surface area contributed by atoms with Gasteiger partial charge < -0.3 is 4.90 Å². The minimum absolute atomic E-state index is 0.295. The molecule has 22 heavy (non-hydrogen) atoms. The molecule has 2 heterocycles. The molecule has 0 aliphatic heterocycles. The average molecular weight is 313 g/mol. The Bertz CT molecular complexity index is 599. The van der Waals surface area contributed by atoms with Crippen molar-refractivity contribution in [1.82, 2.24) is 20.3 Å². The summed E-state index contributed by atoms with van der Waals surface area (Å²) >= 11 is 5.34. The number of aromatic nitrogens is 2. The molecule has 0 atom stereocenters. The maximum atomic E-state index is 5.34. The molecule has 0 spiro atoms. The number of pyridine rings is 2. The average Bonchev–Trinajstić information content (AvgIpc) is 2.56. The zero-order valence-electron chi connectivity index (χ0n) is 12.9. The third-order valence-corrected chi connectivity index (χ3v) is 3.55. The maximum Gasteiger partial charge on any atom is 0.189 e. The van der Waals surface area contributed by atoms with Gasteiger partial charge in [0.25, 0.3) is 0 Å². The lowest BCUT2D eigenvalue weighted by Crippen LogP contribution is -2.39. The molecule has 0 radical (unpaired) electrons. The van der Waals surface area contributed by atoms with E-state index in [1.54, 1.807) is 12.4 Å². The predicted molar refractivity (Wildman–Crippen MR) is 92.7 cm³/mol. The number of nitrogens with zero attached hydrogens (tertiary/aromatic N) is 4. The molecule has 0 amide bonds. The highest BCUT2D eigenvalue weighted by molar-refractivity contribution is 7.80. The second-order valence-corrected chi connectivity index (χ2v) is 5.40. The SMILES string of the molecule is CC(C)N(C)C(=S)NN=C(c1ccccn1)c1ccccn1. The van der Waals surface area contributed by atoms with E-state index in [4.69, 9.17) is 12.2 Å². The van der Waals surface area contributed by atoms with Crippen LogP contribution < -0.4 is 5.43 Å². The summed E-state index contributed by atoms with van der Waals surface area (Å²) in [5, 5.41) is 4.98. The molecule has 0 fully saturated rings. The molecule has 2 aromatic rings. The third kappa shape index (κ3) is 4.08. The highest BCUT2D eigenvalue weighted by Gasteiger charge is 2.11. The monoisotopic (exact) mass is 313 g/mol. The van der Waals surface area contributed by atoms with Crippen LogP contribution in [0.15, 0.2) is 53.9 Å². The van der Waals surface area contributed by atoms with Crippen LogP contribution in [0.4, 0.5) is 0 Å². The van der Waals surface area contributed by atoms with Crippen molar-refractivity contribution in [3.05, 3.63) is 60.2 Å². The van der Waals surface area contributed by atoms with Gasteiger partial charge in [0.1, 0.15) is 5.71 Å². The molecule has 1 N–H and O–H groups in total. The summed E-state index contributed by atoms with van der Waals surface area (Å²) in [5.41, 5.74) is 5.06. The van der Waals surface area contributed by atoms with Gasteiger partial charge in [-0.3, -0.25) is 15.4 Å². The summed E-state index contributed by atoms with van der Waals surface area (Å²) in [6.07, 6.45) is 3.46. The van der Waals surface area contributed by atoms with E-state index in [9.17, 15) is 0 Å². The van der Waals surface area contributed by atoms with Crippen molar-refractivity contribution in [2.75, 3.05) is 7.05 Å². The van der Waals surface area contributed by atoms with E-state index >= 15 is 0 Å². The molecule has 0 aromatic carbocycles. The molecule has 0 saturated carbocycles. The normalized spacial score (nSPS) is 10.2. The number of rotatable bonds is 4. The molecule has 0 aliphatic carbocycles. The Morgan fingerprint density at radius 1 is 1.09 bits per heavy atom. The standard InChI is InChI=1S/C16H19N5S/c1-12(2)21(3)16(22)20-19-15(13-8-4-6-10-17-13)14-9-5-7-11-18-14/h4-12H,1-3H3,(H,20,22). The van der Waals surface area contributed by atoms with Crippen LogP contribution in [0.2, 0.25) is 0 Å². The second kappa shape index (κ2) is 7.61. The van der Waals surface area contributed by atoms with Gasteiger partial charge >= 0.3 is 0 Å². The highest BCUT2D eigenvalue weighted by Crippen LogP contribution is 2.06. The number of thiocarbonyl (C=S) groups is 1. The Balaban J connectivity index is 2.30. The number of hydrazone groups is 1. The van der Waals surface area contributed by atoms with Crippen molar-refractivity contribution in [3.63, 3.8) is 0 Å². The lowest BCUT2D eigenvalue weighted by Gasteiger charge is -2.23. The van der Waals surface area contributed by atoms with Gasteiger partial charge in [-0.05, 0) is 50.3 Å². The molecule has 2 aromatic heterocycles. The lowest BCUT2D eigenvalue weighted by atomic mass is 10.1. The van der Waals surface area contributed by atoms with Crippen LogP contribution in [-0.2, 0) is 0 Å². The molecule has 0 bridgehead atoms. The quantitative estimate of drug-likeness (QED) is 0.534. The fourth-order valence-electron chi connectivity index (χ4n) is 1.67. The van der Waals surface area contributed by atoms with Crippen molar-refractivity contribution in [3.8, 4) is 0 Å². The van der Waals surface area contributed by atoms with Crippen LogP contribution in [0, 0.1) is 0 Å². The van der Waals surface area contributed by atoms with Gasteiger partial charge in [0, 0.05) is 25.5 Å². The first-order valence-electron chi connectivity index (χ1n) is 7.03. The Morgan fingerprint density at radius 2 is 1.64 bits per heavy atom. The molecular formula is C16H19N5S. The van der Waals surface area contributed by atoms with Gasteiger partial charge in [-0.15, -0.1) is 0 Å². The van der Waals surface area contributed by atoms with E-state index in [1.165, 1.54) is 0 Å².